The lowest BCUT2D eigenvalue weighted by Crippen LogP contribution is -2.01. The lowest BCUT2D eigenvalue weighted by atomic mass is 9.94. The molecule has 134 valence electrons. The molecule has 6 nitrogen and oxygen atoms in total. The predicted octanol–water partition coefficient (Wildman–Crippen LogP) is 5.15. The van der Waals surface area contributed by atoms with E-state index in [4.69, 9.17) is 18.6 Å². The van der Waals surface area contributed by atoms with Crippen LogP contribution in [0.5, 0.6) is 17.2 Å². The average molecular weight is 380 g/mol. The molecule has 1 atom stereocenters. The van der Waals surface area contributed by atoms with Gasteiger partial charge in [-0.1, -0.05) is 65.3 Å². The summed E-state index contributed by atoms with van der Waals surface area (Å²) in [5.41, 5.74) is 2.95. The van der Waals surface area contributed by atoms with E-state index in [0.29, 0.717) is 11.3 Å². The molecule has 3 aromatic carbocycles. The van der Waals surface area contributed by atoms with Gasteiger partial charge in [0.2, 0.25) is 5.75 Å². The van der Waals surface area contributed by atoms with Gasteiger partial charge >= 0.3 is 7.82 Å². The fourth-order valence-corrected chi connectivity index (χ4v) is 4.19. The molecule has 27 heavy (non-hydrogen) atoms. The second-order valence-electron chi connectivity index (χ2n) is 6.01. The number of benzene rings is 3. The zero-order chi connectivity index (χ0) is 18.4. The van der Waals surface area contributed by atoms with Crippen molar-refractivity contribution in [1.29, 1.82) is 0 Å². The van der Waals surface area contributed by atoms with Crippen molar-refractivity contribution in [3.8, 4) is 17.2 Å². The minimum Gasteiger partial charge on any atom is -0.504 e. The molecule has 0 radical (unpaired) electrons. The number of phenols is 1. The number of fused-ring (bicyclic) bond motifs is 1. The van der Waals surface area contributed by atoms with Gasteiger partial charge in [-0.05, 0) is 23.3 Å². The van der Waals surface area contributed by atoms with Crippen LogP contribution < -0.4 is 9.05 Å². The van der Waals surface area contributed by atoms with Gasteiger partial charge < -0.3 is 19.0 Å². The Hall–Kier alpha value is -3.21. The first-order chi connectivity index (χ1) is 13.1. The van der Waals surface area contributed by atoms with Crippen molar-refractivity contribution < 1.29 is 28.3 Å². The molecular formula is C20H13O6P. The number of phosphoric ester groups is 1. The summed E-state index contributed by atoms with van der Waals surface area (Å²) >= 11 is 0. The van der Waals surface area contributed by atoms with E-state index < -0.39 is 7.82 Å². The summed E-state index contributed by atoms with van der Waals surface area (Å²) in [4.78, 5) is 5.49. The normalized spacial score (nSPS) is 19.5. The van der Waals surface area contributed by atoms with E-state index in [1.807, 2.05) is 60.7 Å². The number of phenolic OH excluding ortho intramolecular Hbond substituents is 1. The zero-order valence-corrected chi connectivity index (χ0v) is 14.8. The van der Waals surface area contributed by atoms with Crippen LogP contribution in [0.1, 0.15) is 16.7 Å². The summed E-state index contributed by atoms with van der Waals surface area (Å²) < 4.78 is 28.1. The highest BCUT2D eigenvalue weighted by atomic mass is 31.2. The summed E-state index contributed by atoms with van der Waals surface area (Å²) in [5.74, 6) is 0.259. The zero-order valence-electron chi connectivity index (χ0n) is 13.9. The Morgan fingerprint density at radius 2 is 1.37 bits per heavy atom. The van der Waals surface area contributed by atoms with Gasteiger partial charge in [-0.15, -0.1) is 0 Å². The van der Waals surface area contributed by atoms with Crippen LogP contribution in [0.3, 0.4) is 0 Å². The number of hydrogen-bond donors (Lipinski definition) is 1. The first-order valence-corrected chi connectivity index (χ1v) is 9.68. The van der Waals surface area contributed by atoms with Crippen molar-refractivity contribution in [3.63, 3.8) is 0 Å². The van der Waals surface area contributed by atoms with Crippen LogP contribution in [0.15, 0.2) is 72.8 Å². The highest BCUT2D eigenvalue weighted by molar-refractivity contribution is 7.49. The van der Waals surface area contributed by atoms with Crippen molar-refractivity contribution in [2.75, 3.05) is 0 Å². The second-order valence-corrected chi connectivity index (χ2v) is 7.42. The molecule has 0 aliphatic carbocycles. The van der Waals surface area contributed by atoms with Gasteiger partial charge in [0.1, 0.15) is 0 Å². The van der Waals surface area contributed by atoms with Crippen molar-refractivity contribution in [2.24, 2.45) is 0 Å². The number of aromatic hydroxyl groups is 1. The minimum absolute atomic E-state index is 0.0166. The summed E-state index contributed by atoms with van der Waals surface area (Å²) in [6.07, 6.45) is 0. The maximum absolute atomic E-state index is 12.6. The predicted molar refractivity (Wildman–Crippen MR) is 97.9 cm³/mol. The Kier molecular flexibility index (Phi) is 3.50. The maximum Gasteiger partial charge on any atom is 0.625 e. The summed E-state index contributed by atoms with van der Waals surface area (Å²) in [6, 6.07) is 22.3. The van der Waals surface area contributed by atoms with Crippen LogP contribution >= 0.6 is 7.82 Å². The molecule has 2 aliphatic heterocycles. The van der Waals surface area contributed by atoms with Gasteiger partial charge in [-0.3, -0.25) is 0 Å². The Balaban J connectivity index is 1.84. The molecule has 0 spiro atoms. The molecule has 3 aromatic rings. The number of phosphoric acid groups is 1. The van der Waals surface area contributed by atoms with Crippen LogP contribution in [0, 0.1) is 0 Å². The lowest BCUT2D eigenvalue weighted by Gasteiger charge is -2.16. The first kappa shape index (κ1) is 16.0. The molecule has 7 heteroatoms. The van der Waals surface area contributed by atoms with Crippen molar-refractivity contribution >= 4 is 19.2 Å². The molecule has 0 aromatic heterocycles. The molecular weight excluding hydrogens is 367 g/mol. The van der Waals surface area contributed by atoms with Crippen molar-refractivity contribution in [1.82, 2.24) is 0 Å². The van der Waals surface area contributed by atoms with E-state index in [2.05, 4.69) is 0 Å². The van der Waals surface area contributed by atoms with Crippen LogP contribution in [-0.2, 0) is 14.1 Å². The third-order valence-corrected chi connectivity index (χ3v) is 5.38. The van der Waals surface area contributed by atoms with Crippen LogP contribution in [0.4, 0.5) is 0 Å². The van der Waals surface area contributed by atoms with Gasteiger partial charge in [0.05, 0.1) is 5.56 Å². The summed E-state index contributed by atoms with van der Waals surface area (Å²) in [5, 5.41) is 10.0. The molecule has 2 bridgehead atoms. The minimum atomic E-state index is -4.00. The van der Waals surface area contributed by atoms with Gasteiger partial charge in [-0.25, -0.2) is 4.57 Å². The summed E-state index contributed by atoms with van der Waals surface area (Å²) in [6.45, 7) is 0. The smallest absolute Gasteiger partial charge is 0.504 e. The van der Waals surface area contributed by atoms with E-state index in [1.54, 1.807) is 6.07 Å². The SMILES string of the molecule is O=P12OOC(=C(c3ccccc3)c3ccccc3)c3ccc(O)c(c3O1)O2. The summed E-state index contributed by atoms with van der Waals surface area (Å²) in [7, 11) is -4.00. The van der Waals surface area contributed by atoms with Crippen molar-refractivity contribution in [2.45, 2.75) is 0 Å². The number of hydrogen-bond acceptors (Lipinski definition) is 6. The van der Waals surface area contributed by atoms with E-state index in [0.717, 1.165) is 16.7 Å². The maximum atomic E-state index is 12.6. The molecule has 5 rings (SSSR count). The van der Waals surface area contributed by atoms with Crippen LogP contribution in [-0.4, -0.2) is 5.11 Å². The van der Waals surface area contributed by atoms with Crippen LogP contribution in [0.25, 0.3) is 11.3 Å². The van der Waals surface area contributed by atoms with E-state index in [1.165, 1.54) is 6.07 Å². The molecule has 0 fully saturated rings. The Morgan fingerprint density at radius 3 is 2.00 bits per heavy atom. The third-order valence-electron chi connectivity index (χ3n) is 4.31. The topological polar surface area (TPSA) is 74.2 Å². The van der Waals surface area contributed by atoms with E-state index in [9.17, 15) is 9.67 Å². The van der Waals surface area contributed by atoms with Gasteiger partial charge in [-0.2, -0.15) is 0 Å². The average Bonchev–Trinajstić information content (AvgIpc) is 2.98. The van der Waals surface area contributed by atoms with Gasteiger partial charge in [0.25, 0.3) is 0 Å². The molecule has 1 unspecified atom stereocenters. The van der Waals surface area contributed by atoms with Gasteiger partial charge in [0.15, 0.2) is 17.3 Å². The quantitative estimate of drug-likeness (QED) is 0.490. The third kappa shape index (κ3) is 2.58. The standard InChI is InChI=1S/C20H13O6P/c21-16-12-11-15-18(23-26-27(22)24-19(15)20(16)25-27)17(13-7-3-1-4-8-13)14-9-5-2-6-10-14/h1-12,21H. The fourth-order valence-electron chi connectivity index (χ4n) is 3.13. The number of rotatable bonds is 2. The molecule has 2 heterocycles. The molecule has 0 saturated carbocycles. The van der Waals surface area contributed by atoms with Crippen LogP contribution in [0.2, 0.25) is 0 Å². The Bertz CT molecular complexity index is 1070. The van der Waals surface area contributed by atoms with E-state index in [-0.39, 0.29) is 17.2 Å². The fraction of sp³-hybridized carbons (Fsp3) is 0. The largest absolute Gasteiger partial charge is 0.625 e. The molecule has 0 saturated heterocycles. The molecule has 0 amide bonds. The highest BCUT2D eigenvalue weighted by Crippen LogP contribution is 2.66. The molecule has 1 N–H and O–H groups in total. The van der Waals surface area contributed by atoms with Gasteiger partial charge in [0, 0.05) is 5.57 Å². The monoisotopic (exact) mass is 380 g/mol. The highest BCUT2D eigenvalue weighted by Gasteiger charge is 2.48. The molecule has 2 aliphatic rings. The van der Waals surface area contributed by atoms with Crippen molar-refractivity contribution in [3.05, 3.63) is 89.5 Å². The Morgan fingerprint density at radius 1 is 0.778 bits per heavy atom. The second kappa shape index (κ2) is 5.91. The Labute approximate surface area is 154 Å². The lowest BCUT2D eigenvalue weighted by molar-refractivity contribution is -0.144. The van der Waals surface area contributed by atoms with E-state index >= 15 is 0 Å². The first-order valence-electron chi connectivity index (χ1n) is 8.21.